The van der Waals surface area contributed by atoms with E-state index in [-0.39, 0.29) is 54.3 Å². The summed E-state index contributed by atoms with van der Waals surface area (Å²) in [5.41, 5.74) is 2.22. The van der Waals surface area contributed by atoms with Crippen LogP contribution in [0.3, 0.4) is 0 Å². The van der Waals surface area contributed by atoms with Crippen molar-refractivity contribution in [1.82, 2.24) is 25.1 Å². The third-order valence-electron chi connectivity index (χ3n) is 12.0. The van der Waals surface area contributed by atoms with Gasteiger partial charge in [0.25, 0.3) is 0 Å². The SMILES string of the molecule is C=C1CN2[C@H](COC(=O)N3CCOCC3)CC[C@@]2(COc2nc3c4c(cc(-c5cccc6ccc(F)c(CC)c56)c(F)c4n2)OCC[C@@H]2CNCCN32)C1. The van der Waals surface area contributed by atoms with Crippen LogP contribution in [0.2, 0.25) is 0 Å². The van der Waals surface area contributed by atoms with Crippen LogP contribution in [0.4, 0.5) is 19.4 Å². The van der Waals surface area contributed by atoms with E-state index in [0.29, 0.717) is 91.5 Å². The molecule has 5 aliphatic heterocycles. The lowest BCUT2D eigenvalue weighted by atomic mass is 9.92. The average Bonchev–Trinajstić information content (AvgIpc) is 3.69. The Hall–Kier alpha value is -4.59. The maximum Gasteiger partial charge on any atom is 0.409 e. The van der Waals surface area contributed by atoms with Crippen molar-refractivity contribution in [2.45, 2.75) is 56.7 Å². The molecule has 0 unspecified atom stereocenters. The quantitative estimate of drug-likeness (QED) is 0.232. The largest absolute Gasteiger partial charge is 0.493 e. The molecule has 9 rings (SSSR count). The molecule has 13 heteroatoms. The summed E-state index contributed by atoms with van der Waals surface area (Å²) in [6.45, 7) is 12.2. The van der Waals surface area contributed by atoms with Crippen molar-refractivity contribution in [2.75, 3.05) is 77.2 Å². The zero-order valence-corrected chi connectivity index (χ0v) is 30.7. The monoisotopic (exact) mass is 740 g/mol. The van der Waals surface area contributed by atoms with Crippen molar-refractivity contribution in [1.29, 1.82) is 0 Å². The molecule has 0 saturated carbocycles. The number of aromatic nitrogens is 2. The molecule has 4 fully saturated rings. The van der Waals surface area contributed by atoms with Gasteiger partial charge in [0.05, 0.1) is 30.7 Å². The number of hydrogen-bond donors (Lipinski definition) is 1. The Morgan fingerprint density at radius 2 is 1.94 bits per heavy atom. The van der Waals surface area contributed by atoms with Crippen molar-refractivity contribution in [2.24, 2.45) is 0 Å². The van der Waals surface area contributed by atoms with Crippen LogP contribution in [-0.4, -0.2) is 116 Å². The lowest BCUT2D eigenvalue weighted by Gasteiger charge is -2.39. The van der Waals surface area contributed by atoms with Crippen molar-refractivity contribution in [3.63, 3.8) is 0 Å². The molecule has 0 aliphatic carbocycles. The van der Waals surface area contributed by atoms with Crippen LogP contribution < -0.4 is 19.7 Å². The lowest BCUT2D eigenvalue weighted by Crippen LogP contribution is -2.52. The normalized spacial score (nSPS) is 24.2. The Labute approximate surface area is 313 Å². The number of piperazine rings is 1. The van der Waals surface area contributed by atoms with E-state index in [1.165, 1.54) is 6.07 Å². The average molecular weight is 741 g/mol. The van der Waals surface area contributed by atoms with Crippen LogP contribution in [-0.2, 0) is 15.9 Å². The van der Waals surface area contributed by atoms with Crippen molar-refractivity contribution < 1.29 is 32.5 Å². The number of benzene rings is 3. The Morgan fingerprint density at radius 1 is 1.07 bits per heavy atom. The zero-order chi connectivity index (χ0) is 37.0. The first-order valence-electron chi connectivity index (χ1n) is 19.2. The predicted octanol–water partition coefficient (Wildman–Crippen LogP) is 5.86. The van der Waals surface area contributed by atoms with Gasteiger partial charge in [-0.25, -0.2) is 13.6 Å². The molecule has 284 valence electrons. The van der Waals surface area contributed by atoms with E-state index >= 15 is 8.78 Å². The number of nitrogens with one attached hydrogen (secondary N) is 1. The first kappa shape index (κ1) is 35.1. The maximum absolute atomic E-state index is 17.3. The molecule has 3 aromatic carbocycles. The first-order chi connectivity index (χ1) is 26.3. The molecule has 1 amide bonds. The number of carbonyl (C=O) groups is 1. The van der Waals surface area contributed by atoms with Crippen LogP contribution in [0.15, 0.2) is 48.6 Å². The molecule has 6 heterocycles. The van der Waals surface area contributed by atoms with Gasteiger partial charge < -0.3 is 34.1 Å². The molecular weight excluding hydrogens is 694 g/mol. The van der Waals surface area contributed by atoms with E-state index in [2.05, 4.69) is 21.7 Å². The van der Waals surface area contributed by atoms with Gasteiger partial charge in [0.15, 0.2) is 5.82 Å². The summed E-state index contributed by atoms with van der Waals surface area (Å²) in [5.74, 6) is 0.230. The molecule has 4 saturated heterocycles. The highest BCUT2D eigenvalue weighted by Gasteiger charge is 2.51. The first-order valence-corrected chi connectivity index (χ1v) is 19.2. The molecule has 3 atom stereocenters. The maximum atomic E-state index is 17.3. The van der Waals surface area contributed by atoms with Crippen molar-refractivity contribution in [3.8, 4) is 22.9 Å². The van der Waals surface area contributed by atoms with E-state index < -0.39 is 5.82 Å². The Kier molecular flexibility index (Phi) is 9.27. The van der Waals surface area contributed by atoms with Gasteiger partial charge in [0.1, 0.15) is 36.1 Å². The van der Waals surface area contributed by atoms with E-state index in [1.54, 1.807) is 17.0 Å². The minimum Gasteiger partial charge on any atom is -0.493 e. The van der Waals surface area contributed by atoms with Crippen LogP contribution in [0.25, 0.3) is 32.8 Å². The smallest absolute Gasteiger partial charge is 0.409 e. The second kappa shape index (κ2) is 14.2. The number of amides is 1. The number of aryl methyl sites for hydroxylation is 1. The third kappa shape index (κ3) is 6.10. The number of anilines is 1. The molecule has 5 aliphatic rings. The predicted molar refractivity (Wildman–Crippen MR) is 201 cm³/mol. The highest BCUT2D eigenvalue weighted by Crippen LogP contribution is 2.46. The summed E-state index contributed by atoms with van der Waals surface area (Å²) < 4.78 is 56.7. The van der Waals surface area contributed by atoms with Crippen molar-refractivity contribution >= 4 is 33.6 Å². The van der Waals surface area contributed by atoms with Gasteiger partial charge in [0.2, 0.25) is 0 Å². The second-order valence-corrected chi connectivity index (χ2v) is 15.2. The number of hydrogen-bond acceptors (Lipinski definition) is 10. The lowest BCUT2D eigenvalue weighted by molar-refractivity contribution is 0.0139. The van der Waals surface area contributed by atoms with Crippen LogP contribution in [0, 0.1) is 11.6 Å². The minimum atomic E-state index is -0.533. The standard InChI is InChI=1S/C41H46F2N6O5/c1-3-29-32(42)8-7-26-5-4-6-30(34(26)29)31-19-33-35-37(36(31)43)45-39(46-38(35)48-13-12-44-21-27(48)10-16-52-33)54-24-41-11-9-28(49(41)22-25(2)20-41)23-53-40(50)47-14-17-51-18-15-47/h4-8,19,27-28,44H,2-3,9-18,20-24H2,1H3/t27-,28+,41+/m1/s1. The topological polar surface area (TPSA) is 102 Å². The zero-order valence-electron chi connectivity index (χ0n) is 30.7. The van der Waals surface area contributed by atoms with Gasteiger partial charge >= 0.3 is 12.1 Å². The molecular formula is C41H46F2N6O5. The summed E-state index contributed by atoms with van der Waals surface area (Å²) in [6, 6.07) is 10.8. The number of nitrogens with zero attached hydrogens (tertiary/aromatic N) is 5. The Bertz CT molecular complexity index is 2130. The van der Waals surface area contributed by atoms with E-state index in [0.717, 1.165) is 49.7 Å². The number of fused-ring (bicyclic) bond motifs is 4. The fourth-order valence-corrected chi connectivity index (χ4v) is 9.35. The number of morpholine rings is 1. The van der Waals surface area contributed by atoms with Gasteiger partial charge in [0, 0.05) is 63.3 Å². The summed E-state index contributed by atoms with van der Waals surface area (Å²) in [5, 5.41) is 5.49. The fourth-order valence-electron chi connectivity index (χ4n) is 9.35. The van der Waals surface area contributed by atoms with Gasteiger partial charge in [-0.15, -0.1) is 0 Å². The number of ether oxygens (including phenoxy) is 4. The minimum absolute atomic E-state index is 0.0173. The molecule has 54 heavy (non-hydrogen) atoms. The summed E-state index contributed by atoms with van der Waals surface area (Å²) >= 11 is 0. The van der Waals surface area contributed by atoms with Crippen LogP contribution in [0.5, 0.6) is 11.8 Å². The van der Waals surface area contributed by atoms with E-state index in [1.807, 2.05) is 25.1 Å². The van der Waals surface area contributed by atoms with E-state index in [4.69, 9.17) is 28.9 Å². The van der Waals surface area contributed by atoms with Crippen LogP contribution in [0.1, 0.15) is 38.2 Å². The number of rotatable bonds is 7. The number of carbonyl (C=O) groups excluding carboxylic acids is 1. The van der Waals surface area contributed by atoms with Gasteiger partial charge in [-0.1, -0.05) is 43.3 Å². The van der Waals surface area contributed by atoms with Gasteiger partial charge in [-0.3, -0.25) is 4.90 Å². The highest BCUT2D eigenvalue weighted by atomic mass is 19.1. The van der Waals surface area contributed by atoms with Crippen molar-refractivity contribution in [3.05, 3.63) is 65.7 Å². The fraction of sp³-hybridized carbons (Fsp3) is 0.488. The Morgan fingerprint density at radius 3 is 2.80 bits per heavy atom. The van der Waals surface area contributed by atoms with E-state index in [9.17, 15) is 4.79 Å². The molecule has 4 aromatic rings. The summed E-state index contributed by atoms with van der Waals surface area (Å²) in [7, 11) is 0. The molecule has 0 radical (unpaired) electrons. The molecule has 1 aromatic heterocycles. The second-order valence-electron chi connectivity index (χ2n) is 15.2. The summed E-state index contributed by atoms with van der Waals surface area (Å²) in [6.07, 6.45) is 3.28. The highest BCUT2D eigenvalue weighted by molar-refractivity contribution is 6.04. The third-order valence-corrected chi connectivity index (χ3v) is 12.0. The number of halogens is 2. The van der Waals surface area contributed by atoms with Crippen LogP contribution >= 0.6 is 0 Å². The summed E-state index contributed by atoms with van der Waals surface area (Å²) in [4.78, 5) is 28.9. The molecule has 1 N–H and O–H groups in total. The molecule has 0 spiro atoms. The Balaban J connectivity index is 1.09. The molecule has 11 nitrogen and oxygen atoms in total. The van der Waals surface area contributed by atoms with Gasteiger partial charge in [-0.05, 0) is 59.7 Å². The van der Waals surface area contributed by atoms with Gasteiger partial charge in [-0.2, -0.15) is 9.97 Å². The molecule has 0 bridgehead atoms.